The van der Waals surface area contributed by atoms with Crippen molar-refractivity contribution < 1.29 is 12.8 Å². The van der Waals surface area contributed by atoms with Gasteiger partial charge in [0.05, 0.1) is 10.8 Å². The Kier molecular flexibility index (Phi) is 8.39. The Labute approximate surface area is 248 Å². The fraction of sp³-hybridized carbons (Fsp3) is 0.406. The molecule has 42 heavy (non-hydrogen) atoms. The van der Waals surface area contributed by atoms with Crippen molar-refractivity contribution in [3.8, 4) is 11.5 Å². The molecular weight excluding hydrogens is 548 g/mol. The van der Waals surface area contributed by atoms with Gasteiger partial charge in [0.15, 0.2) is 0 Å². The minimum absolute atomic E-state index is 0.259. The lowest BCUT2D eigenvalue weighted by molar-refractivity contribution is 0.355. The zero-order valence-electron chi connectivity index (χ0n) is 24.9. The summed E-state index contributed by atoms with van der Waals surface area (Å²) in [6.45, 7) is 8.87. The van der Waals surface area contributed by atoms with E-state index in [1.165, 1.54) is 11.4 Å². The van der Waals surface area contributed by atoms with E-state index in [0.29, 0.717) is 42.1 Å². The first-order valence-corrected chi connectivity index (χ1v) is 15.9. The number of nitrogens with zero attached hydrogens (tertiary/aromatic N) is 5. The van der Waals surface area contributed by atoms with Gasteiger partial charge in [-0.25, -0.2) is 13.4 Å². The molecule has 2 N–H and O–H groups in total. The van der Waals surface area contributed by atoms with Crippen LogP contribution in [0.4, 0.5) is 11.6 Å². The summed E-state index contributed by atoms with van der Waals surface area (Å²) < 4.78 is 33.8. The number of rotatable bonds is 12. The third-order valence-corrected chi connectivity index (χ3v) is 10.1. The van der Waals surface area contributed by atoms with Gasteiger partial charge in [0, 0.05) is 25.7 Å². The number of anilines is 2. The number of aromatic nitrogens is 3. The maximum absolute atomic E-state index is 13.2. The third kappa shape index (κ3) is 6.65. The number of nitrogens with two attached hydrogens (primary N) is 1. The van der Waals surface area contributed by atoms with Crippen LogP contribution in [-0.2, 0) is 28.5 Å². The highest BCUT2D eigenvalue weighted by molar-refractivity contribution is 7.93. The number of hydrogen-bond acceptors (Lipinski definition) is 8. The van der Waals surface area contributed by atoms with E-state index in [0.717, 1.165) is 24.1 Å². The molecule has 9 nitrogen and oxygen atoms in total. The van der Waals surface area contributed by atoms with E-state index < -0.39 is 20.8 Å². The third-order valence-electron chi connectivity index (χ3n) is 7.94. The van der Waals surface area contributed by atoms with Gasteiger partial charge in [0.2, 0.25) is 21.8 Å². The first-order valence-electron chi connectivity index (χ1n) is 14.4. The van der Waals surface area contributed by atoms with Gasteiger partial charge in [-0.05, 0) is 68.7 Å². The molecule has 0 bridgehead atoms. The van der Waals surface area contributed by atoms with E-state index in [4.69, 9.17) is 15.1 Å². The van der Waals surface area contributed by atoms with Crippen LogP contribution in [0.3, 0.4) is 0 Å². The van der Waals surface area contributed by atoms with E-state index in [1.807, 2.05) is 61.5 Å². The molecule has 0 amide bonds. The SMILES string of the molecule is CC1CC1CN(Cc1ccccc1)c1cc(-c2nnc(C(C)(N)Cc3ccccc3)o2)cc(N(C)S(=O)(=O)C(C)C)n1. The second-order valence-electron chi connectivity index (χ2n) is 12.0. The molecule has 0 radical (unpaired) electrons. The van der Waals surface area contributed by atoms with Crippen molar-refractivity contribution in [3.63, 3.8) is 0 Å². The van der Waals surface area contributed by atoms with Gasteiger partial charge in [-0.3, -0.25) is 4.31 Å². The lowest BCUT2D eigenvalue weighted by Crippen LogP contribution is -2.35. The predicted octanol–water partition coefficient (Wildman–Crippen LogP) is 5.39. The van der Waals surface area contributed by atoms with Gasteiger partial charge in [0.1, 0.15) is 11.6 Å². The summed E-state index contributed by atoms with van der Waals surface area (Å²) in [7, 11) is -2.10. The molecule has 1 aliphatic carbocycles. The van der Waals surface area contributed by atoms with Gasteiger partial charge in [0.25, 0.3) is 0 Å². The summed E-state index contributed by atoms with van der Waals surface area (Å²) in [4.78, 5) is 7.09. The Morgan fingerprint density at radius 2 is 1.60 bits per heavy atom. The molecule has 0 aliphatic heterocycles. The molecule has 4 aromatic rings. The molecule has 3 unspecified atom stereocenters. The zero-order chi connectivity index (χ0) is 30.1. The van der Waals surface area contributed by atoms with E-state index >= 15 is 0 Å². The molecule has 222 valence electrons. The van der Waals surface area contributed by atoms with Crippen molar-refractivity contribution in [1.29, 1.82) is 0 Å². The highest BCUT2D eigenvalue weighted by Gasteiger charge is 2.35. The Hall–Kier alpha value is -3.76. The molecule has 0 saturated heterocycles. The van der Waals surface area contributed by atoms with E-state index in [1.54, 1.807) is 19.9 Å². The van der Waals surface area contributed by atoms with Crippen LogP contribution in [0.25, 0.3) is 11.5 Å². The summed E-state index contributed by atoms with van der Waals surface area (Å²) in [5.41, 5.74) is 8.55. The van der Waals surface area contributed by atoms with Crippen molar-refractivity contribution >= 4 is 21.7 Å². The largest absolute Gasteiger partial charge is 0.419 e. The van der Waals surface area contributed by atoms with Crippen LogP contribution in [0.2, 0.25) is 0 Å². The molecule has 1 aliphatic rings. The first kappa shape index (κ1) is 29.7. The van der Waals surface area contributed by atoms with Crippen molar-refractivity contribution in [2.45, 2.75) is 57.9 Å². The standard InChI is InChI=1S/C32H40N6O3S/c1-22(2)42(39,40)37(5)28-17-26(30-35-36-31(41-30)32(4,33)19-24-12-8-6-9-13-24)18-29(34-28)38(21-27-16-23(27)3)20-25-14-10-7-11-15-25/h6-15,17-18,22-23,27H,16,19-21,33H2,1-5H3. The average Bonchev–Trinajstić information content (AvgIpc) is 3.42. The fourth-order valence-electron chi connectivity index (χ4n) is 5.04. The van der Waals surface area contributed by atoms with Crippen LogP contribution in [0.1, 0.15) is 51.1 Å². The number of pyridine rings is 1. The molecule has 1 fully saturated rings. The maximum atomic E-state index is 13.2. The number of hydrogen-bond donors (Lipinski definition) is 1. The molecule has 2 aromatic carbocycles. The first-order chi connectivity index (χ1) is 19.9. The summed E-state index contributed by atoms with van der Waals surface area (Å²) in [6, 6.07) is 23.7. The lowest BCUT2D eigenvalue weighted by atomic mass is 9.94. The normalized spacial score (nSPS) is 18.1. The minimum Gasteiger partial charge on any atom is -0.419 e. The van der Waals surface area contributed by atoms with Crippen molar-refractivity contribution in [2.24, 2.45) is 17.6 Å². The second-order valence-corrected chi connectivity index (χ2v) is 14.5. The average molecular weight is 589 g/mol. The molecular formula is C32H40N6O3S. The molecule has 2 aromatic heterocycles. The summed E-state index contributed by atoms with van der Waals surface area (Å²) in [6.07, 6.45) is 1.67. The van der Waals surface area contributed by atoms with Crippen LogP contribution in [-0.4, -0.2) is 42.4 Å². The highest BCUT2D eigenvalue weighted by Crippen LogP contribution is 2.40. The zero-order valence-corrected chi connectivity index (χ0v) is 25.8. The summed E-state index contributed by atoms with van der Waals surface area (Å²) >= 11 is 0. The topological polar surface area (TPSA) is 118 Å². The monoisotopic (exact) mass is 588 g/mol. The lowest BCUT2D eigenvalue weighted by Gasteiger charge is -2.27. The Balaban J connectivity index is 1.55. The van der Waals surface area contributed by atoms with Crippen LogP contribution in [0.15, 0.2) is 77.2 Å². The summed E-state index contributed by atoms with van der Waals surface area (Å²) in [5, 5.41) is 8.05. The Bertz CT molecular complexity index is 1610. The fourth-order valence-corrected chi connectivity index (χ4v) is 6.03. The van der Waals surface area contributed by atoms with Gasteiger partial charge in [-0.1, -0.05) is 67.6 Å². The number of benzene rings is 2. The smallest absolute Gasteiger partial charge is 0.248 e. The Morgan fingerprint density at radius 1 is 1.00 bits per heavy atom. The minimum atomic E-state index is -3.64. The quantitative estimate of drug-likeness (QED) is 0.234. The van der Waals surface area contributed by atoms with Crippen LogP contribution in [0, 0.1) is 11.8 Å². The molecule has 1 saturated carbocycles. The van der Waals surface area contributed by atoms with Crippen LogP contribution >= 0.6 is 0 Å². The van der Waals surface area contributed by atoms with Gasteiger partial charge in [-0.15, -0.1) is 10.2 Å². The molecule has 10 heteroatoms. The predicted molar refractivity (Wildman–Crippen MR) is 166 cm³/mol. The van der Waals surface area contributed by atoms with Crippen molar-refractivity contribution in [3.05, 3.63) is 89.8 Å². The van der Waals surface area contributed by atoms with Gasteiger partial charge >= 0.3 is 0 Å². The van der Waals surface area contributed by atoms with Crippen LogP contribution in [0.5, 0.6) is 0 Å². The van der Waals surface area contributed by atoms with E-state index in [9.17, 15) is 8.42 Å². The Morgan fingerprint density at radius 3 is 2.19 bits per heavy atom. The van der Waals surface area contributed by atoms with Crippen molar-refractivity contribution in [1.82, 2.24) is 15.2 Å². The van der Waals surface area contributed by atoms with Gasteiger partial charge < -0.3 is 15.1 Å². The maximum Gasteiger partial charge on any atom is 0.248 e. The highest BCUT2D eigenvalue weighted by atomic mass is 32.2. The van der Waals surface area contributed by atoms with Crippen LogP contribution < -0.4 is 14.9 Å². The number of sulfonamides is 1. The van der Waals surface area contributed by atoms with E-state index in [2.05, 4.69) is 34.2 Å². The summed E-state index contributed by atoms with van der Waals surface area (Å²) in [5.74, 6) is 2.69. The molecule has 3 atom stereocenters. The van der Waals surface area contributed by atoms with Gasteiger partial charge in [-0.2, -0.15) is 0 Å². The molecule has 5 rings (SSSR count). The van der Waals surface area contributed by atoms with Crippen molar-refractivity contribution in [2.75, 3.05) is 22.8 Å². The second kappa shape index (κ2) is 11.9. The molecule has 2 heterocycles. The molecule has 0 spiro atoms. The van der Waals surface area contributed by atoms with E-state index in [-0.39, 0.29) is 11.7 Å².